The number of hydrogen-bond donors (Lipinski definition) is 4. The fourth-order valence-corrected chi connectivity index (χ4v) is 7.50. The Morgan fingerprint density at radius 2 is 1.82 bits per heavy atom. The van der Waals surface area contributed by atoms with Gasteiger partial charge in [-0.1, -0.05) is 37.6 Å². The van der Waals surface area contributed by atoms with E-state index in [1.165, 1.54) is 6.20 Å². The van der Waals surface area contributed by atoms with Crippen LogP contribution in [0.25, 0.3) is 10.8 Å². The van der Waals surface area contributed by atoms with Crippen LogP contribution in [0.1, 0.15) is 83.9 Å². The van der Waals surface area contributed by atoms with Crippen molar-refractivity contribution in [3.05, 3.63) is 94.0 Å². The fourth-order valence-electron chi connectivity index (χ4n) is 5.78. The third-order valence-corrected chi connectivity index (χ3v) is 10.0. The number of carbonyl (C=O) groups excluding carboxylic acids is 2. The van der Waals surface area contributed by atoms with Crippen LogP contribution < -0.4 is 20.7 Å². The van der Waals surface area contributed by atoms with Crippen molar-refractivity contribution in [1.29, 1.82) is 0 Å². The number of rotatable bonds is 9. The highest BCUT2D eigenvalue weighted by Crippen LogP contribution is 2.47. The molecule has 1 saturated carbocycles. The Labute approximate surface area is 267 Å². The molecular formula is C33H35ClN6O4S. The van der Waals surface area contributed by atoms with Gasteiger partial charge in [-0.3, -0.25) is 14.8 Å². The molecule has 0 radical (unpaired) electrons. The Morgan fingerprint density at radius 1 is 1.02 bits per heavy atom. The first-order valence-electron chi connectivity index (χ1n) is 15.0. The van der Waals surface area contributed by atoms with E-state index in [-0.39, 0.29) is 23.3 Å². The zero-order chi connectivity index (χ0) is 31.9. The molecule has 2 aliphatic rings. The number of aromatic nitrogens is 2. The van der Waals surface area contributed by atoms with Gasteiger partial charge in [-0.05, 0) is 79.1 Å². The maximum absolute atomic E-state index is 13.8. The van der Waals surface area contributed by atoms with Crippen molar-refractivity contribution in [2.24, 2.45) is 5.92 Å². The van der Waals surface area contributed by atoms with E-state index in [2.05, 4.69) is 25.7 Å². The number of benzene rings is 2. The molecule has 2 aromatic heterocycles. The van der Waals surface area contributed by atoms with E-state index in [0.29, 0.717) is 50.5 Å². The average molecular weight is 647 g/mol. The number of pyridine rings is 2. The Hall–Kier alpha value is -4.06. The van der Waals surface area contributed by atoms with E-state index in [1.807, 2.05) is 32.9 Å². The number of fused-ring (bicyclic) bond motifs is 3. The van der Waals surface area contributed by atoms with Gasteiger partial charge in [0.2, 0.25) is 10.0 Å². The van der Waals surface area contributed by atoms with Crippen molar-refractivity contribution in [2.45, 2.75) is 62.9 Å². The number of urea groups is 1. The summed E-state index contributed by atoms with van der Waals surface area (Å²) in [5.74, 6) is 0.0388. The van der Waals surface area contributed by atoms with Crippen LogP contribution in [0, 0.1) is 12.8 Å². The Bertz CT molecular complexity index is 1880. The van der Waals surface area contributed by atoms with Gasteiger partial charge in [-0.2, -0.15) is 0 Å². The van der Waals surface area contributed by atoms with E-state index in [0.717, 1.165) is 24.1 Å². The minimum absolute atomic E-state index is 0.101. The molecule has 0 bridgehead atoms. The molecule has 0 saturated heterocycles. The Kier molecular flexibility index (Phi) is 8.51. The molecule has 10 nitrogen and oxygen atoms in total. The summed E-state index contributed by atoms with van der Waals surface area (Å²) < 4.78 is 30.4. The van der Waals surface area contributed by atoms with E-state index >= 15 is 0 Å². The predicted octanol–water partition coefficient (Wildman–Crippen LogP) is 6.14. The molecule has 12 heteroatoms. The highest BCUT2D eigenvalue weighted by Gasteiger charge is 2.38. The molecule has 45 heavy (non-hydrogen) atoms. The third kappa shape index (κ3) is 6.51. The van der Waals surface area contributed by atoms with Crippen LogP contribution in [0.3, 0.4) is 0 Å². The monoisotopic (exact) mass is 646 g/mol. The second-order valence-electron chi connectivity index (χ2n) is 12.1. The van der Waals surface area contributed by atoms with E-state index in [9.17, 15) is 18.0 Å². The molecule has 6 rings (SSSR count). The first kappa shape index (κ1) is 30.9. The highest BCUT2D eigenvalue weighted by molar-refractivity contribution is 7.89. The maximum Gasteiger partial charge on any atom is 0.319 e. The summed E-state index contributed by atoms with van der Waals surface area (Å²) in [6.07, 6.45) is 7.06. The molecule has 2 aliphatic carbocycles. The summed E-state index contributed by atoms with van der Waals surface area (Å²) in [5.41, 5.74) is 3.82. The predicted molar refractivity (Wildman–Crippen MR) is 174 cm³/mol. The summed E-state index contributed by atoms with van der Waals surface area (Å²) in [4.78, 5) is 35.6. The van der Waals surface area contributed by atoms with Gasteiger partial charge in [0.05, 0.1) is 33.3 Å². The molecule has 2 aromatic carbocycles. The molecule has 0 aliphatic heterocycles. The van der Waals surface area contributed by atoms with Gasteiger partial charge in [0, 0.05) is 47.5 Å². The molecule has 0 spiro atoms. The number of amides is 3. The van der Waals surface area contributed by atoms with Crippen molar-refractivity contribution in [3.63, 3.8) is 0 Å². The van der Waals surface area contributed by atoms with Crippen LogP contribution >= 0.6 is 11.6 Å². The first-order valence-corrected chi connectivity index (χ1v) is 16.9. The molecule has 234 valence electrons. The lowest BCUT2D eigenvalue weighted by molar-refractivity contribution is 0.0935. The lowest BCUT2D eigenvalue weighted by Gasteiger charge is -2.19. The lowest BCUT2D eigenvalue weighted by Crippen LogP contribution is -2.33. The van der Waals surface area contributed by atoms with Crippen molar-refractivity contribution in [3.8, 4) is 0 Å². The quantitative estimate of drug-likeness (QED) is 0.172. The number of nitrogens with one attached hydrogen (secondary N) is 4. The normalized spacial score (nSPS) is 17.7. The van der Waals surface area contributed by atoms with Crippen molar-refractivity contribution in [1.82, 2.24) is 25.3 Å². The number of anilines is 1. The highest BCUT2D eigenvalue weighted by atomic mass is 35.5. The lowest BCUT2D eigenvalue weighted by atomic mass is 9.98. The average Bonchev–Trinajstić information content (AvgIpc) is 3.81. The molecule has 3 amide bonds. The van der Waals surface area contributed by atoms with Gasteiger partial charge < -0.3 is 16.0 Å². The van der Waals surface area contributed by atoms with Crippen LogP contribution in [0.2, 0.25) is 5.02 Å². The van der Waals surface area contributed by atoms with Crippen LogP contribution in [-0.4, -0.2) is 36.9 Å². The molecule has 0 unspecified atom stereocenters. The number of hydrogen-bond acceptors (Lipinski definition) is 6. The second-order valence-corrected chi connectivity index (χ2v) is 14.3. The van der Waals surface area contributed by atoms with E-state index < -0.39 is 28.1 Å². The number of para-hydroxylation sites is 1. The molecule has 1 fully saturated rings. The van der Waals surface area contributed by atoms with Gasteiger partial charge in [-0.15, -0.1) is 0 Å². The molecule has 2 atom stereocenters. The largest absolute Gasteiger partial charge is 0.345 e. The summed E-state index contributed by atoms with van der Waals surface area (Å²) in [6, 6.07) is 10.5. The van der Waals surface area contributed by atoms with Gasteiger partial charge in [0.25, 0.3) is 5.91 Å². The van der Waals surface area contributed by atoms with Crippen LogP contribution in [0.15, 0.2) is 66.0 Å². The minimum atomic E-state index is -3.94. The topological polar surface area (TPSA) is 142 Å². The standard InChI is InChI=1S/C33H35ClN6O4S/c1-18(2)15-37-45(43,44)29-13-23-27(38-32(41)21-7-5-11-35-16-21)14-28(39-33(42)40-31-19(3)6-4-8-25(31)34)30(23)24-17-36-26(12-22(24)29)20-9-10-20/h4-8,11-13,16-18,20,27-28,37H,9-10,14-15H2,1-3H3,(H,38,41)(H2,39,40,42)/t27-,28-/m1/s1. The Balaban J connectivity index is 1.45. The molecule has 4 N–H and O–H groups in total. The first-order chi connectivity index (χ1) is 21.5. The molecule has 4 aromatic rings. The second kappa shape index (κ2) is 12.4. The van der Waals surface area contributed by atoms with Crippen molar-refractivity contribution in [2.75, 3.05) is 11.9 Å². The van der Waals surface area contributed by atoms with Crippen LogP contribution in [0.5, 0.6) is 0 Å². The number of carbonyl (C=O) groups is 2. The van der Waals surface area contributed by atoms with Gasteiger partial charge in [0.15, 0.2) is 0 Å². The van der Waals surface area contributed by atoms with E-state index in [4.69, 9.17) is 16.6 Å². The smallest absolute Gasteiger partial charge is 0.319 e. The number of halogens is 1. The number of sulfonamides is 1. The van der Waals surface area contributed by atoms with Crippen molar-refractivity contribution < 1.29 is 18.0 Å². The zero-order valence-electron chi connectivity index (χ0n) is 25.2. The zero-order valence-corrected chi connectivity index (χ0v) is 26.8. The van der Waals surface area contributed by atoms with Gasteiger partial charge in [-0.25, -0.2) is 17.9 Å². The Morgan fingerprint density at radius 3 is 2.51 bits per heavy atom. The number of aryl methyl sites for hydroxylation is 1. The molecular weight excluding hydrogens is 612 g/mol. The summed E-state index contributed by atoms with van der Waals surface area (Å²) in [5, 5.41) is 10.5. The number of nitrogens with zero attached hydrogens (tertiary/aromatic N) is 2. The summed E-state index contributed by atoms with van der Waals surface area (Å²) in [7, 11) is -3.94. The summed E-state index contributed by atoms with van der Waals surface area (Å²) >= 11 is 6.37. The van der Waals surface area contributed by atoms with Gasteiger partial charge >= 0.3 is 6.03 Å². The van der Waals surface area contributed by atoms with Crippen molar-refractivity contribution >= 4 is 50.0 Å². The molecule has 2 heterocycles. The van der Waals surface area contributed by atoms with E-state index in [1.54, 1.807) is 42.7 Å². The van der Waals surface area contributed by atoms with Gasteiger partial charge in [0.1, 0.15) is 0 Å². The fraction of sp³-hybridized carbons (Fsp3) is 0.333. The minimum Gasteiger partial charge on any atom is -0.345 e. The van der Waals surface area contributed by atoms with Crippen LogP contribution in [-0.2, 0) is 10.0 Å². The van der Waals surface area contributed by atoms with Crippen LogP contribution in [0.4, 0.5) is 10.5 Å². The summed E-state index contributed by atoms with van der Waals surface area (Å²) in [6.45, 7) is 6.00. The SMILES string of the molecule is Cc1cccc(Cl)c1NC(=O)N[C@@H]1C[C@@H](NC(=O)c2cccnc2)c2cc(S(=O)(=O)NCC(C)C)c3cc(C4CC4)ncc3c21. The maximum atomic E-state index is 13.8. The third-order valence-electron chi connectivity index (χ3n) is 8.24.